The lowest BCUT2D eigenvalue weighted by molar-refractivity contribution is -0.138. The van der Waals surface area contributed by atoms with Gasteiger partial charge in [-0.1, -0.05) is 34.1 Å². The topological polar surface area (TPSA) is 41.6 Å². The molecule has 0 aromatic carbocycles. The molecule has 2 saturated heterocycles. The van der Waals surface area contributed by atoms with Crippen LogP contribution in [0.1, 0.15) is 60.3 Å². The third-order valence-electron chi connectivity index (χ3n) is 4.25. The Bertz CT molecular complexity index is 307. The van der Waals surface area contributed by atoms with Gasteiger partial charge in [-0.25, -0.2) is 0 Å². The van der Waals surface area contributed by atoms with Crippen molar-refractivity contribution in [3.63, 3.8) is 0 Å². The molecule has 0 aliphatic carbocycles. The minimum absolute atomic E-state index is 0.0181. The fraction of sp³-hybridized carbons (Fsp3) is 0.941. The molecule has 0 aromatic rings. The van der Waals surface area contributed by atoms with Crippen molar-refractivity contribution in [2.45, 2.75) is 65.9 Å². The maximum atomic E-state index is 11.1. The molecule has 2 heterocycles. The van der Waals surface area contributed by atoms with Crippen LogP contribution in [0.3, 0.4) is 0 Å². The molecule has 4 heteroatoms. The highest BCUT2D eigenvalue weighted by Crippen LogP contribution is 2.27. The van der Waals surface area contributed by atoms with E-state index < -0.39 is 0 Å². The SMILES string of the molecule is CC(=O)N1CCC2(CC1)CNCCO2.CCCC(C)(C)C. The van der Waals surface area contributed by atoms with Gasteiger partial charge in [0.1, 0.15) is 0 Å². The number of carbonyl (C=O) groups is 1. The largest absolute Gasteiger partial charge is 0.372 e. The number of ether oxygens (including phenoxy) is 1. The molecular formula is C17H34N2O2. The van der Waals surface area contributed by atoms with Gasteiger partial charge in [-0.05, 0) is 24.7 Å². The summed E-state index contributed by atoms with van der Waals surface area (Å²) in [5, 5.41) is 3.36. The zero-order valence-corrected chi connectivity index (χ0v) is 14.6. The summed E-state index contributed by atoms with van der Waals surface area (Å²) in [5.74, 6) is 0.184. The van der Waals surface area contributed by atoms with Gasteiger partial charge in [0.15, 0.2) is 0 Å². The summed E-state index contributed by atoms with van der Waals surface area (Å²) in [6, 6.07) is 0. The van der Waals surface area contributed by atoms with Gasteiger partial charge >= 0.3 is 0 Å². The highest BCUT2D eigenvalue weighted by molar-refractivity contribution is 5.73. The van der Waals surface area contributed by atoms with Crippen molar-refractivity contribution < 1.29 is 9.53 Å². The van der Waals surface area contributed by atoms with Crippen molar-refractivity contribution in [2.24, 2.45) is 5.41 Å². The lowest BCUT2D eigenvalue weighted by atomic mass is 9.90. The molecule has 2 aliphatic heterocycles. The van der Waals surface area contributed by atoms with Gasteiger partial charge in [0.2, 0.25) is 5.91 Å². The molecule has 2 rings (SSSR count). The number of carbonyl (C=O) groups excluding carboxylic acids is 1. The summed E-state index contributed by atoms with van der Waals surface area (Å²) in [6.45, 7) is 15.1. The average Bonchev–Trinajstić information content (AvgIpc) is 2.39. The van der Waals surface area contributed by atoms with E-state index >= 15 is 0 Å². The molecule has 4 nitrogen and oxygen atoms in total. The van der Waals surface area contributed by atoms with E-state index in [4.69, 9.17) is 4.74 Å². The van der Waals surface area contributed by atoms with E-state index in [9.17, 15) is 4.79 Å². The van der Waals surface area contributed by atoms with Gasteiger partial charge in [0, 0.05) is 33.1 Å². The number of hydrogen-bond donors (Lipinski definition) is 1. The first-order chi connectivity index (χ1) is 9.78. The predicted octanol–water partition coefficient (Wildman–Crippen LogP) is 2.82. The molecule has 21 heavy (non-hydrogen) atoms. The maximum absolute atomic E-state index is 11.1. The van der Waals surface area contributed by atoms with E-state index in [1.54, 1.807) is 6.92 Å². The molecule has 0 unspecified atom stereocenters. The van der Waals surface area contributed by atoms with Crippen LogP contribution in [0.25, 0.3) is 0 Å². The second-order valence-corrected chi connectivity index (χ2v) is 7.52. The molecular weight excluding hydrogens is 264 g/mol. The van der Waals surface area contributed by atoms with Crippen LogP contribution >= 0.6 is 0 Å². The Kier molecular flexibility index (Phi) is 7.14. The van der Waals surface area contributed by atoms with Crippen molar-refractivity contribution in [3.05, 3.63) is 0 Å². The monoisotopic (exact) mass is 298 g/mol. The third-order valence-corrected chi connectivity index (χ3v) is 4.25. The highest BCUT2D eigenvalue weighted by Gasteiger charge is 2.37. The summed E-state index contributed by atoms with van der Waals surface area (Å²) >= 11 is 0. The van der Waals surface area contributed by atoms with Gasteiger partial charge in [-0.2, -0.15) is 0 Å². The first-order valence-corrected chi connectivity index (χ1v) is 8.38. The number of nitrogens with zero attached hydrogens (tertiary/aromatic N) is 1. The normalized spacial score (nSPS) is 21.7. The number of amides is 1. The molecule has 0 saturated carbocycles. The number of morpholine rings is 1. The van der Waals surface area contributed by atoms with Crippen molar-refractivity contribution in [1.82, 2.24) is 10.2 Å². The minimum Gasteiger partial charge on any atom is -0.372 e. The average molecular weight is 298 g/mol. The Balaban J connectivity index is 0.000000270. The van der Waals surface area contributed by atoms with Crippen LogP contribution in [0.15, 0.2) is 0 Å². The van der Waals surface area contributed by atoms with Gasteiger partial charge in [0.05, 0.1) is 12.2 Å². The van der Waals surface area contributed by atoms with Gasteiger partial charge in [0.25, 0.3) is 0 Å². The molecule has 1 spiro atoms. The molecule has 1 amide bonds. The van der Waals surface area contributed by atoms with E-state index in [-0.39, 0.29) is 11.5 Å². The van der Waals surface area contributed by atoms with E-state index in [1.165, 1.54) is 12.8 Å². The molecule has 0 radical (unpaired) electrons. The summed E-state index contributed by atoms with van der Waals surface area (Å²) in [5.41, 5.74) is 0.568. The zero-order valence-electron chi connectivity index (χ0n) is 14.6. The fourth-order valence-electron chi connectivity index (χ4n) is 3.01. The summed E-state index contributed by atoms with van der Waals surface area (Å²) < 4.78 is 5.83. The number of nitrogens with one attached hydrogen (secondary N) is 1. The number of likely N-dealkylation sites (tertiary alicyclic amines) is 1. The van der Waals surface area contributed by atoms with Gasteiger partial charge < -0.3 is 15.0 Å². The summed E-state index contributed by atoms with van der Waals surface area (Å²) in [6.07, 6.45) is 4.59. The van der Waals surface area contributed by atoms with Crippen molar-refractivity contribution in [1.29, 1.82) is 0 Å². The Morgan fingerprint density at radius 1 is 1.29 bits per heavy atom. The van der Waals surface area contributed by atoms with Crippen LogP contribution < -0.4 is 5.32 Å². The minimum atomic E-state index is 0.0181. The van der Waals surface area contributed by atoms with Crippen molar-refractivity contribution in [2.75, 3.05) is 32.8 Å². The van der Waals surface area contributed by atoms with Gasteiger partial charge in [-0.15, -0.1) is 0 Å². The van der Waals surface area contributed by atoms with E-state index in [0.29, 0.717) is 5.41 Å². The lowest BCUT2D eigenvalue weighted by Crippen LogP contribution is -2.56. The van der Waals surface area contributed by atoms with Crippen LogP contribution in [0.2, 0.25) is 0 Å². The number of rotatable bonds is 1. The second-order valence-electron chi connectivity index (χ2n) is 7.52. The molecule has 124 valence electrons. The van der Waals surface area contributed by atoms with E-state index in [2.05, 4.69) is 33.0 Å². The smallest absolute Gasteiger partial charge is 0.219 e. The standard InChI is InChI=1S/C10H18N2O2.C7H16/c1-9(13)12-5-2-10(3-6-12)8-11-4-7-14-10;1-5-6-7(2,3)4/h11H,2-8H2,1H3;5-6H2,1-4H3. The second kappa shape index (κ2) is 8.14. The molecule has 1 N–H and O–H groups in total. The van der Waals surface area contributed by atoms with Crippen LogP contribution in [0, 0.1) is 5.41 Å². The number of hydrogen-bond acceptors (Lipinski definition) is 3. The summed E-state index contributed by atoms with van der Waals surface area (Å²) in [7, 11) is 0. The molecule has 0 bridgehead atoms. The molecule has 2 fully saturated rings. The zero-order chi connectivity index (χ0) is 15.9. The Morgan fingerprint density at radius 2 is 1.90 bits per heavy atom. The third kappa shape index (κ3) is 6.79. The highest BCUT2D eigenvalue weighted by atomic mass is 16.5. The molecule has 2 aliphatic rings. The Morgan fingerprint density at radius 3 is 2.24 bits per heavy atom. The Hall–Kier alpha value is -0.610. The van der Waals surface area contributed by atoms with Crippen LogP contribution in [0.5, 0.6) is 0 Å². The lowest BCUT2D eigenvalue weighted by Gasteiger charge is -2.43. The van der Waals surface area contributed by atoms with Crippen molar-refractivity contribution in [3.8, 4) is 0 Å². The summed E-state index contributed by atoms with van der Waals surface area (Å²) in [4.78, 5) is 13.0. The first kappa shape index (κ1) is 18.4. The molecule has 0 atom stereocenters. The van der Waals surface area contributed by atoms with E-state index in [0.717, 1.165) is 45.6 Å². The van der Waals surface area contributed by atoms with Crippen LogP contribution in [0.4, 0.5) is 0 Å². The van der Waals surface area contributed by atoms with Crippen LogP contribution in [-0.4, -0.2) is 49.2 Å². The fourth-order valence-corrected chi connectivity index (χ4v) is 3.01. The molecule has 0 aromatic heterocycles. The van der Waals surface area contributed by atoms with Crippen LogP contribution in [-0.2, 0) is 9.53 Å². The van der Waals surface area contributed by atoms with Gasteiger partial charge in [-0.3, -0.25) is 4.79 Å². The Labute approximate surface area is 130 Å². The first-order valence-electron chi connectivity index (χ1n) is 8.38. The van der Waals surface area contributed by atoms with E-state index in [1.807, 2.05) is 4.90 Å². The predicted molar refractivity (Wildman–Crippen MR) is 87.4 cm³/mol. The van der Waals surface area contributed by atoms with Crippen molar-refractivity contribution >= 4 is 5.91 Å². The maximum Gasteiger partial charge on any atom is 0.219 e. The quantitative estimate of drug-likeness (QED) is 0.809. The number of piperidine rings is 1.